The molecule has 2 fully saturated rings. The normalized spacial score (nSPS) is 19.3. The minimum absolute atomic E-state index is 0.347. The minimum atomic E-state index is -0.347. The van der Waals surface area contributed by atoms with Crippen molar-refractivity contribution in [3.8, 4) is 0 Å². The van der Waals surface area contributed by atoms with E-state index in [4.69, 9.17) is 9.47 Å². The van der Waals surface area contributed by atoms with Crippen molar-refractivity contribution in [1.82, 2.24) is 9.97 Å². The number of aromatic nitrogens is 2. The molecule has 25 heavy (non-hydrogen) atoms. The van der Waals surface area contributed by atoms with Crippen molar-refractivity contribution in [2.45, 2.75) is 25.0 Å². The zero-order valence-electron chi connectivity index (χ0n) is 14.4. The van der Waals surface area contributed by atoms with Gasteiger partial charge >= 0.3 is 0 Å². The Labute approximate surface area is 148 Å². The second kappa shape index (κ2) is 7.37. The van der Waals surface area contributed by atoms with Gasteiger partial charge in [0.1, 0.15) is 18.0 Å². The van der Waals surface area contributed by atoms with Crippen LogP contribution in [0.4, 0.5) is 11.6 Å². The fraction of sp³-hybridized carbons (Fsp3) is 0.474. The van der Waals surface area contributed by atoms with Crippen LogP contribution in [0, 0.1) is 0 Å². The number of rotatable bonds is 5. The summed E-state index contributed by atoms with van der Waals surface area (Å²) in [5.74, 6) is 1.49. The summed E-state index contributed by atoms with van der Waals surface area (Å²) in [6.45, 7) is 4.05. The van der Waals surface area contributed by atoms with Crippen molar-refractivity contribution < 1.29 is 9.47 Å². The first-order valence-electron chi connectivity index (χ1n) is 8.96. The Morgan fingerprint density at radius 2 is 1.80 bits per heavy atom. The molecule has 2 saturated heterocycles. The molecular formula is C19H24N4O2. The monoisotopic (exact) mass is 340 g/mol. The molecule has 1 aromatic heterocycles. The van der Waals surface area contributed by atoms with Crippen LogP contribution in [-0.2, 0) is 15.9 Å². The maximum Gasteiger partial charge on any atom is 0.171 e. The number of hydrogen-bond donors (Lipinski definition) is 1. The van der Waals surface area contributed by atoms with Crippen LogP contribution in [0.3, 0.4) is 0 Å². The first-order valence-corrected chi connectivity index (χ1v) is 8.96. The molecule has 0 atom stereocenters. The lowest BCUT2D eigenvalue weighted by Gasteiger charge is -2.38. The Hall–Kier alpha value is -2.18. The molecule has 4 rings (SSSR count). The van der Waals surface area contributed by atoms with Gasteiger partial charge in [-0.1, -0.05) is 30.3 Å². The van der Waals surface area contributed by atoms with Crippen molar-refractivity contribution in [1.29, 1.82) is 0 Å². The number of ether oxygens (including phenoxy) is 2. The number of piperidine rings is 1. The minimum Gasteiger partial charge on any atom is -0.370 e. The quantitative estimate of drug-likeness (QED) is 0.902. The first-order chi connectivity index (χ1) is 12.3. The Morgan fingerprint density at radius 1 is 1.04 bits per heavy atom. The highest BCUT2D eigenvalue weighted by atomic mass is 16.7. The highest BCUT2D eigenvalue weighted by Gasteiger charge is 2.40. The second-order valence-electron chi connectivity index (χ2n) is 6.52. The molecule has 0 unspecified atom stereocenters. The lowest BCUT2D eigenvalue weighted by atomic mass is 10.0. The van der Waals surface area contributed by atoms with Crippen molar-refractivity contribution in [2.75, 3.05) is 43.1 Å². The SMILES string of the molecule is c1ccc(CCNc2cc(N3CCC4(CC3)OCCO4)ncn2)cc1. The van der Waals surface area contributed by atoms with Crippen LogP contribution >= 0.6 is 0 Å². The van der Waals surface area contributed by atoms with E-state index in [1.54, 1.807) is 6.33 Å². The van der Waals surface area contributed by atoms with Crippen LogP contribution in [0.2, 0.25) is 0 Å². The molecule has 132 valence electrons. The third kappa shape index (κ3) is 3.91. The predicted molar refractivity (Wildman–Crippen MR) is 96.7 cm³/mol. The van der Waals surface area contributed by atoms with E-state index in [2.05, 4.69) is 44.5 Å². The standard InChI is InChI=1S/C19H24N4O2/c1-2-4-16(5-3-1)6-9-20-17-14-18(22-15-21-17)23-10-7-19(8-11-23)24-12-13-25-19/h1-5,14-15H,6-13H2,(H,20,21,22). The molecule has 0 bridgehead atoms. The van der Waals surface area contributed by atoms with Crippen molar-refractivity contribution in [2.24, 2.45) is 0 Å². The maximum absolute atomic E-state index is 5.79. The van der Waals surface area contributed by atoms with E-state index in [-0.39, 0.29) is 5.79 Å². The molecular weight excluding hydrogens is 316 g/mol. The van der Waals surface area contributed by atoms with Gasteiger partial charge in [0.2, 0.25) is 0 Å². The largest absolute Gasteiger partial charge is 0.370 e. The zero-order chi connectivity index (χ0) is 17.0. The van der Waals surface area contributed by atoms with E-state index >= 15 is 0 Å². The zero-order valence-corrected chi connectivity index (χ0v) is 14.4. The van der Waals surface area contributed by atoms with Crippen LogP contribution in [0.25, 0.3) is 0 Å². The van der Waals surface area contributed by atoms with Gasteiger partial charge in [-0.05, 0) is 12.0 Å². The molecule has 0 saturated carbocycles. The fourth-order valence-electron chi connectivity index (χ4n) is 3.46. The fourth-order valence-corrected chi connectivity index (χ4v) is 3.46. The van der Waals surface area contributed by atoms with Crippen molar-refractivity contribution in [3.05, 3.63) is 48.3 Å². The summed E-state index contributed by atoms with van der Waals surface area (Å²) in [5.41, 5.74) is 1.32. The molecule has 6 nitrogen and oxygen atoms in total. The molecule has 3 heterocycles. The van der Waals surface area contributed by atoms with Crippen LogP contribution in [0.1, 0.15) is 18.4 Å². The molecule has 0 amide bonds. The molecule has 2 aliphatic rings. The summed E-state index contributed by atoms with van der Waals surface area (Å²) >= 11 is 0. The Kier molecular flexibility index (Phi) is 4.81. The van der Waals surface area contributed by atoms with Crippen LogP contribution in [0.5, 0.6) is 0 Å². The molecule has 0 aliphatic carbocycles. The van der Waals surface area contributed by atoms with Gasteiger partial charge in [-0.2, -0.15) is 0 Å². The highest BCUT2D eigenvalue weighted by molar-refractivity contribution is 5.48. The molecule has 1 N–H and O–H groups in total. The smallest absolute Gasteiger partial charge is 0.171 e. The lowest BCUT2D eigenvalue weighted by Crippen LogP contribution is -2.45. The number of hydrogen-bond acceptors (Lipinski definition) is 6. The van der Waals surface area contributed by atoms with E-state index in [1.807, 2.05) is 12.1 Å². The Balaban J connectivity index is 1.32. The molecule has 0 radical (unpaired) electrons. The summed E-state index contributed by atoms with van der Waals surface area (Å²) in [5, 5.41) is 3.39. The Morgan fingerprint density at radius 3 is 2.56 bits per heavy atom. The number of nitrogens with one attached hydrogen (secondary N) is 1. The van der Waals surface area contributed by atoms with E-state index in [0.717, 1.165) is 50.5 Å². The molecule has 1 spiro atoms. The van der Waals surface area contributed by atoms with E-state index in [0.29, 0.717) is 13.2 Å². The van der Waals surface area contributed by atoms with E-state index in [9.17, 15) is 0 Å². The molecule has 1 aromatic carbocycles. The molecule has 2 aliphatic heterocycles. The van der Waals surface area contributed by atoms with Crippen LogP contribution in [-0.4, -0.2) is 48.6 Å². The van der Waals surface area contributed by atoms with Crippen LogP contribution < -0.4 is 10.2 Å². The van der Waals surface area contributed by atoms with Crippen molar-refractivity contribution >= 4 is 11.6 Å². The van der Waals surface area contributed by atoms with Crippen LogP contribution in [0.15, 0.2) is 42.7 Å². The molecule has 6 heteroatoms. The summed E-state index contributed by atoms with van der Waals surface area (Å²) in [4.78, 5) is 11.1. The maximum atomic E-state index is 5.79. The predicted octanol–water partition coefficient (Wildman–Crippen LogP) is 2.47. The average molecular weight is 340 g/mol. The van der Waals surface area contributed by atoms with Gasteiger partial charge in [0.05, 0.1) is 13.2 Å². The van der Waals surface area contributed by atoms with E-state index < -0.39 is 0 Å². The van der Waals surface area contributed by atoms with Crippen molar-refractivity contribution in [3.63, 3.8) is 0 Å². The number of benzene rings is 1. The van der Waals surface area contributed by atoms with Gasteiger partial charge in [-0.15, -0.1) is 0 Å². The number of nitrogens with zero attached hydrogens (tertiary/aromatic N) is 3. The summed E-state index contributed by atoms with van der Waals surface area (Å²) in [7, 11) is 0. The van der Waals surface area contributed by atoms with Gasteiger partial charge < -0.3 is 19.7 Å². The average Bonchev–Trinajstić information content (AvgIpc) is 3.12. The van der Waals surface area contributed by atoms with Gasteiger partial charge in [-0.3, -0.25) is 0 Å². The molecule has 2 aromatic rings. The van der Waals surface area contributed by atoms with Gasteiger partial charge in [-0.25, -0.2) is 9.97 Å². The second-order valence-corrected chi connectivity index (χ2v) is 6.52. The summed E-state index contributed by atoms with van der Waals surface area (Å²) in [6, 6.07) is 12.5. The first kappa shape index (κ1) is 16.3. The third-order valence-corrected chi connectivity index (χ3v) is 4.88. The number of anilines is 2. The Bertz CT molecular complexity index is 679. The van der Waals surface area contributed by atoms with Gasteiger partial charge in [0.25, 0.3) is 0 Å². The lowest BCUT2D eigenvalue weighted by molar-refractivity contribution is -0.169. The highest BCUT2D eigenvalue weighted by Crippen LogP contribution is 2.32. The summed E-state index contributed by atoms with van der Waals surface area (Å²) in [6.07, 6.45) is 4.37. The third-order valence-electron chi connectivity index (χ3n) is 4.88. The summed E-state index contributed by atoms with van der Waals surface area (Å²) < 4.78 is 11.6. The topological polar surface area (TPSA) is 59.5 Å². The van der Waals surface area contributed by atoms with E-state index in [1.165, 1.54) is 5.56 Å². The van der Waals surface area contributed by atoms with Gasteiger partial charge in [0.15, 0.2) is 5.79 Å². The van der Waals surface area contributed by atoms with Gasteiger partial charge in [0, 0.05) is 38.5 Å².